The first-order chi connectivity index (χ1) is 13.7. The Hall–Kier alpha value is -3.02. The molecule has 4 N–H and O–H groups in total. The number of amides is 1. The van der Waals surface area contributed by atoms with Gasteiger partial charge in [-0.25, -0.2) is 19.3 Å². The van der Waals surface area contributed by atoms with E-state index in [0.717, 1.165) is 6.20 Å². The van der Waals surface area contributed by atoms with Crippen molar-refractivity contribution < 1.29 is 13.9 Å². The van der Waals surface area contributed by atoms with E-state index in [4.69, 9.17) is 10.5 Å². The number of ether oxygens (including phenoxy) is 1. The molecule has 29 heavy (non-hydrogen) atoms. The molecule has 10 nitrogen and oxygen atoms in total. The second-order valence-corrected chi connectivity index (χ2v) is 7.91. The fourth-order valence-corrected chi connectivity index (χ4v) is 3.51. The van der Waals surface area contributed by atoms with E-state index in [-0.39, 0.29) is 29.8 Å². The van der Waals surface area contributed by atoms with Crippen molar-refractivity contribution in [1.29, 1.82) is 0 Å². The molecule has 0 radical (unpaired) electrons. The number of carbonyl (C=O) groups is 1. The summed E-state index contributed by atoms with van der Waals surface area (Å²) in [5.74, 6) is -1.51. The lowest BCUT2D eigenvalue weighted by atomic mass is 10.1. The Morgan fingerprint density at radius 2 is 2.00 bits per heavy atom. The summed E-state index contributed by atoms with van der Waals surface area (Å²) in [5, 5.41) is 2.38. The summed E-state index contributed by atoms with van der Waals surface area (Å²) in [4.78, 5) is 35.9. The molecule has 3 aromatic heterocycles. The van der Waals surface area contributed by atoms with Crippen LogP contribution in [0.15, 0.2) is 17.6 Å². The van der Waals surface area contributed by atoms with Gasteiger partial charge < -0.3 is 20.8 Å². The summed E-state index contributed by atoms with van der Waals surface area (Å²) in [6.45, 7) is 7.32. The highest BCUT2D eigenvalue weighted by atomic mass is 32.2. The first kappa shape index (κ1) is 20.7. The fourth-order valence-electron chi connectivity index (χ4n) is 2.41. The number of imidazole rings is 1. The molecule has 1 amide bonds. The Bertz CT molecular complexity index is 1030. The molecular formula is C17H21FN8O2S. The molecule has 0 fully saturated rings. The number of fused-ring (bicyclic) bond motifs is 1. The maximum Gasteiger partial charge on any atom is 0.318 e. The maximum absolute atomic E-state index is 14.1. The predicted molar refractivity (Wildman–Crippen MR) is 107 cm³/mol. The lowest BCUT2D eigenvalue weighted by Crippen LogP contribution is -2.30. The molecule has 0 saturated heterocycles. The molecule has 0 aliphatic rings. The van der Waals surface area contributed by atoms with Gasteiger partial charge in [-0.15, -0.1) is 0 Å². The van der Waals surface area contributed by atoms with Gasteiger partial charge in [-0.2, -0.15) is 9.97 Å². The van der Waals surface area contributed by atoms with Crippen LogP contribution in [0.1, 0.15) is 27.7 Å². The van der Waals surface area contributed by atoms with Crippen molar-refractivity contribution in [2.75, 3.05) is 11.1 Å². The molecule has 0 unspecified atom stereocenters. The van der Waals surface area contributed by atoms with E-state index in [1.54, 1.807) is 13.8 Å². The topological polar surface area (TPSA) is 145 Å². The van der Waals surface area contributed by atoms with Crippen LogP contribution < -0.4 is 15.8 Å². The van der Waals surface area contributed by atoms with E-state index in [1.807, 2.05) is 13.8 Å². The van der Waals surface area contributed by atoms with E-state index < -0.39 is 17.0 Å². The summed E-state index contributed by atoms with van der Waals surface area (Å²) in [7, 11) is 0. The van der Waals surface area contributed by atoms with Crippen LogP contribution in [0.25, 0.3) is 11.2 Å². The van der Waals surface area contributed by atoms with Crippen LogP contribution in [0.3, 0.4) is 0 Å². The average molecular weight is 420 g/mol. The van der Waals surface area contributed by atoms with Gasteiger partial charge in [0.25, 0.3) is 0 Å². The molecule has 0 spiro atoms. The minimum atomic E-state index is -0.760. The molecule has 0 bridgehead atoms. The van der Waals surface area contributed by atoms with Gasteiger partial charge >= 0.3 is 6.01 Å². The first-order valence-electron chi connectivity index (χ1n) is 8.88. The molecule has 0 aromatic carbocycles. The number of rotatable bonds is 7. The van der Waals surface area contributed by atoms with Crippen molar-refractivity contribution in [2.45, 2.75) is 44.1 Å². The summed E-state index contributed by atoms with van der Waals surface area (Å²) >= 11 is 1.18. The van der Waals surface area contributed by atoms with Gasteiger partial charge in [0.15, 0.2) is 17.3 Å². The molecule has 3 rings (SSSR count). The zero-order chi connectivity index (χ0) is 21.1. The predicted octanol–water partition coefficient (Wildman–Crippen LogP) is 2.41. The van der Waals surface area contributed by atoms with Gasteiger partial charge in [-0.1, -0.05) is 25.6 Å². The number of carbonyl (C=O) groups excluding carboxylic acids is 1. The van der Waals surface area contributed by atoms with Gasteiger partial charge in [0.1, 0.15) is 10.5 Å². The number of hydrogen-bond donors (Lipinski definition) is 3. The number of nitrogen functional groups attached to an aromatic ring is 1. The molecule has 0 saturated carbocycles. The molecular weight excluding hydrogens is 399 g/mol. The van der Waals surface area contributed by atoms with Crippen LogP contribution in [-0.4, -0.2) is 47.2 Å². The smallest absolute Gasteiger partial charge is 0.318 e. The van der Waals surface area contributed by atoms with Crippen LogP contribution in [-0.2, 0) is 4.79 Å². The zero-order valence-electron chi connectivity index (χ0n) is 16.3. The average Bonchev–Trinajstić information content (AvgIpc) is 3.09. The van der Waals surface area contributed by atoms with Gasteiger partial charge in [-0.05, 0) is 19.8 Å². The summed E-state index contributed by atoms with van der Waals surface area (Å²) in [6, 6.07) is -0.0202. The lowest BCUT2D eigenvalue weighted by molar-refractivity contribution is -0.116. The van der Waals surface area contributed by atoms with Crippen molar-refractivity contribution in [2.24, 2.45) is 5.92 Å². The molecule has 3 aromatic rings. The van der Waals surface area contributed by atoms with Crippen molar-refractivity contribution in [3.05, 3.63) is 18.3 Å². The number of aromatic amines is 1. The number of thioether (sulfide) groups is 1. The minimum Gasteiger partial charge on any atom is -0.461 e. The van der Waals surface area contributed by atoms with Crippen LogP contribution >= 0.6 is 11.8 Å². The van der Waals surface area contributed by atoms with Crippen molar-refractivity contribution in [1.82, 2.24) is 29.9 Å². The van der Waals surface area contributed by atoms with E-state index in [0.29, 0.717) is 16.2 Å². The van der Waals surface area contributed by atoms with Crippen LogP contribution in [0, 0.1) is 11.7 Å². The number of nitrogens with zero attached hydrogens (tertiary/aromatic N) is 5. The Morgan fingerprint density at radius 1 is 1.24 bits per heavy atom. The number of halogens is 1. The summed E-state index contributed by atoms with van der Waals surface area (Å²) in [5.41, 5.74) is 6.72. The maximum atomic E-state index is 14.1. The highest BCUT2D eigenvalue weighted by Gasteiger charge is 2.27. The largest absolute Gasteiger partial charge is 0.461 e. The Labute approximate surface area is 170 Å². The Morgan fingerprint density at radius 3 is 2.69 bits per heavy atom. The normalized spacial score (nSPS) is 12.5. The third-order valence-electron chi connectivity index (χ3n) is 3.68. The fraction of sp³-hybridized carbons (Fsp3) is 0.412. The number of nitrogens with two attached hydrogens (primary N) is 1. The van der Waals surface area contributed by atoms with Crippen LogP contribution in [0.5, 0.6) is 6.01 Å². The SMILES string of the molecule is CC(C)Oc1ncc(F)c(NC(=O)[C@@H](Sc2nc(N)nc3nc[nH]c23)C(C)C)n1. The van der Waals surface area contributed by atoms with Crippen molar-refractivity contribution >= 4 is 40.6 Å². The third-order valence-corrected chi connectivity index (χ3v) is 5.21. The van der Waals surface area contributed by atoms with Crippen molar-refractivity contribution in [3.63, 3.8) is 0 Å². The summed E-state index contributed by atoms with van der Waals surface area (Å²) in [6.07, 6.45) is 2.24. The molecule has 0 aliphatic heterocycles. The van der Waals surface area contributed by atoms with Gasteiger partial charge in [0.05, 0.1) is 23.9 Å². The van der Waals surface area contributed by atoms with Gasteiger partial charge in [0.2, 0.25) is 11.9 Å². The Balaban J connectivity index is 1.84. The van der Waals surface area contributed by atoms with E-state index >= 15 is 0 Å². The highest BCUT2D eigenvalue weighted by Crippen LogP contribution is 2.32. The van der Waals surface area contributed by atoms with Crippen molar-refractivity contribution in [3.8, 4) is 6.01 Å². The van der Waals surface area contributed by atoms with Crippen LogP contribution in [0.2, 0.25) is 0 Å². The van der Waals surface area contributed by atoms with Gasteiger partial charge in [-0.3, -0.25) is 4.79 Å². The third kappa shape index (κ3) is 4.88. The molecule has 12 heteroatoms. The Kier molecular flexibility index (Phi) is 6.11. The first-order valence-corrected chi connectivity index (χ1v) is 9.76. The molecule has 0 aliphatic carbocycles. The minimum absolute atomic E-state index is 0.0202. The number of nitrogens with one attached hydrogen (secondary N) is 2. The molecule has 3 heterocycles. The molecule has 154 valence electrons. The van der Waals surface area contributed by atoms with Crippen LogP contribution in [0.4, 0.5) is 16.2 Å². The van der Waals surface area contributed by atoms with Gasteiger partial charge in [0, 0.05) is 0 Å². The second-order valence-electron chi connectivity index (χ2n) is 6.78. The second kappa shape index (κ2) is 8.55. The van der Waals surface area contributed by atoms with E-state index in [2.05, 4.69) is 35.2 Å². The highest BCUT2D eigenvalue weighted by molar-refractivity contribution is 8.00. The lowest BCUT2D eigenvalue weighted by Gasteiger charge is -2.19. The summed E-state index contributed by atoms with van der Waals surface area (Å²) < 4.78 is 19.5. The monoisotopic (exact) mass is 420 g/mol. The van der Waals surface area contributed by atoms with E-state index in [1.165, 1.54) is 18.1 Å². The number of hydrogen-bond acceptors (Lipinski definition) is 9. The molecule has 1 atom stereocenters. The number of aromatic nitrogens is 6. The number of anilines is 2. The van der Waals surface area contributed by atoms with E-state index in [9.17, 15) is 9.18 Å². The standard InChI is InChI=1S/C17H21FN8O2S/c1-7(2)11(29-15-10-13(22-6-21-10)24-16(19)26-15)14(27)23-12-9(18)5-20-17(25-12)28-8(3)4/h5-8,11H,1-4H3,(H,20,23,25,27)(H3,19,21,22,24,26)/t11-/m0/s1. The quantitative estimate of drug-likeness (QED) is 0.387. The number of H-pyrrole nitrogens is 1. The zero-order valence-corrected chi connectivity index (χ0v) is 17.1.